The highest BCUT2D eigenvalue weighted by Crippen LogP contribution is 2.02. The Balaban J connectivity index is 3.55. The van der Waals surface area contributed by atoms with Crippen molar-refractivity contribution in [3.8, 4) is 0 Å². The van der Waals surface area contributed by atoms with Gasteiger partial charge in [0.1, 0.15) is 0 Å². The van der Waals surface area contributed by atoms with Gasteiger partial charge in [0.05, 0.1) is 5.60 Å². The summed E-state index contributed by atoms with van der Waals surface area (Å²) in [5, 5.41) is 0. The lowest BCUT2D eigenvalue weighted by molar-refractivity contribution is -0.140. The Hall–Kier alpha value is -0.830. The number of hydroxylamine groups is 1. The first-order valence-electron chi connectivity index (χ1n) is 3.06. The largest absolute Gasteiger partial charge is 0.268 e. The minimum atomic E-state index is -0.349. The van der Waals surface area contributed by atoms with Crippen LogP contribution >= 0.6 is 0 Å². The van der Waals surface area contributed by atoms with E-state index in [1.807, 2.05) is 20.8 Å². The van der Waals surface area contributed by atoms with E-state index in [0.717, 1.165) is 6.08 Å². The Bertz CT molecular complexity index is 135. The van der Waals surface area contributed by atoms with Gasteiger partial charge in [-0.3, -0.25) is 9.63 Å². The fourth-order valence-electron chi connectivity index (χ4n) is 0.245. The molecule has 0 radical (unpaired) electrons. The molecule has 1 amide bonds. The molecule has 0 rings (SSSR count). The van der Waals surface area contributed by atoms with Gasteiger partial charge in [-0.25, -0.2) is 5.48 Å². The average Bonchev–Trinajstić information content (AvgIpc) is 1.81. The summed E-state index contributed by atoms with van der Waals surface area (Å²) in [5.41, 5.74) is 1.87. The quantitative estimate of drug-likeness (QED) is 0.463. The summed E-state index contributed by atoms with van der Waals surface area (Å²) >= 11 is 0. The summed E-state index contributed by atoms with van der Waals surface area (Å²) in [6.07, 6.45) is 1.16. The molecule has 0 aromatic carbocycles. The van der Waals surface area contributed by atoms with Crippen LogP contribution < -0.4 is 5.48 Å². The molecule has 3 heteroatoms. The van der Waals surface area contributed by atoms with Crippen LogP contribution in [0.3, 0.4) is 0 Å². The van der Waals surface area contributed by atoms with Crippen LogP contribution in [0.4, 0.5) is 0 Å². The van der Waals surface area contributed by atoms with Crippen molar-refractivity contribution in [1.82, 2.24) is 5.48 Å². The first-order chi connectivity index (χ1) is 4.45. The molecule has 0 spiro atoms. The molecule has 58 valence electrons. The number of hydrogen-bond donors (Lipinski definition) is 1. The molecule has 0 aliphatic heterocycles. The van der Waals surface area contributed by atoms with Crippen LogP contribution in [-0.2, 0) is 9.63 Å². The molecule has 0 aliphatic carbocycles. The van der Waals surface area contributed by atoms with Gasteiger partial charge in [0.15, 0.2) is 0 Å². The van der Waals surface area contributed by atoms with Crippen molar-refractivity contribution < 1.29 is 9.63 Å². The molecule has 0 unspecified atom stereocenters. The van der Waals surface area contributed by atoms with Gasteiger partial charge in [-0.15, -0.1) is 0 Å². The van der Waals surface area contributed by atoms with Crippen LogP contribution in [0, 0.1) is 0 Å². The van der Waals surface area contributed by atoms with Gasteiger partial charge in [0, 0.05) is 0 Å². The van der Waals surface area contributed by atoms with Crippen molar-refractivity contribution in [1.29, 1.82) is 0 Å². The van der Waals surface area contributed by atoms with Crippen molar-refractivity contribution in [2.45, 2.75) is 26.4 Å². The second kappa shape index (κ2) is 3.37. The second-order valence-electron chi connectivity index (χ2n) is 2.88. The third-order valence-corrected chi connectivity index (χ3v) is 0.643. The van der Waals surface area contributed by atoms with Gasteiger partial charge >= 0.3 is 0 Å². The monoisotopic (exact) mass is 143 g/mol. The zero-order valence-electron chi connectivity index (χ0n) is 6.60. The van der Waals surface area contributed by atoms with Gasteiger partial charge in [-0.2, -0.15) is 0 Å². The molecule has 0 aromatic heterocycles. The SMILES string of the molecule is C=CC(=O)NOC(C)(C)C. The molecule has 0 saturated heterocycles. The number of amides is 1. The molecule has 10 heavy (non-hydrogen) atoms. The third kappa shape index (κ3) is 5.31. The summed E-state index contributed by atoms with van der Waals surface area (Å²) in [6, 6.07) is 0. The van der Waals surface area contributed by atoms with Crippen LogP contribution in [0.25, 0.3) is 0 Å². The van der Waals surface area contributed by atoms with Crippen molar-refractivity contribution >= 4 is 5.91 Å². The third-order valence-electron chi connectivity index (χ3n) is 0.643. The highest BCUT2D eigenvalue weighted by Gasteiger charge is 2.10. The lowest BCUT2D eigenvalue weighted by atomic mass is 10.2. The first kappa shape index (κ1) is 9.17. The molecule has 1 N–H and O–H groups in total. The van der Waals surface area contributed by atoms with E-state index in [2.05, 4.69) is 12.1 Å². The minimum Gasteiger partial charge on any atom is -0.268 e. The van der Waals surface area contributed by atoms with Gasteiger partial charge in [0.25, 0.3) is 5.91 Å². The van der Waals surface area contributed by atoms with Crippen molar-refractivity contribution in [3.63, 3.8) is 0 Å². The van der Waals surface area contributed by atoms with Crippen molar-refractivity contribution in [2.24, 2.45) is 0 Å². The highest BCUT2D eigenvalue weighted by molar-refractivity contribution is 5.85. The van der Waals surface area contributed by atoms with E-state index in [1.54, 1.807) is 0 Å². The Kier molecular flexibility index (Phi) is 3.09. The van der Waals surface area contributed by atoms with Crippen LogP contribution in [0.2, 0.25) is 0 Å². The van der Waals surface area contributed by atoms with E-state index in [4.69, 9.17) is 4.84 Å². The summed E-state index contributed by atoms with van der Waals surface area (Å²) < 4.78 is 0. The molecule has 0 heterocycles. The average molecular weight is 143 g/mol. The summed E-state index contributed by atoms with van der Waals surface area (Å²) in [6.45, 7) is 8.80. The predicted octanol–water partition coefficient (Wildman–Crippen LogP) is 1.02. The highest BCUT2D eigenvalue weighted by atomic mass is 16.7. The number of carbonyl (C=O) groups is 1. The summed E-state index contributed by atoms with van der Waals surface area (Å²) in [5.74, 6) is -0.324. The maximum atomic E-state index is 10.5. The Labute approximate surface area is 61.0 Å². The standard InChI is InChI=1S/C7H13NO2/c1-5-6(9)8-10-7(2,3)4/h5H,1H2,2-4H3,(H,8,9). The summed E-state index contributed by atoms with van der Waals surface area (Å²) in [4.78, 5) is 15.4. The fourth-order valence-corrected chi connectivity index (χ4v) is 0.245. The molecule has 0 aliphatic rings. The molecule has 0 fully saturated rings. The molecular formula is C7H13NO2. The predicted molar refractivity (Wildman–Crippen MR) is 39.2 cm³/mol. The molecule has 0 aromatic rings. The van der Waals surface area contributed by atoms with E-state index in [1.165, 1.54) is 0 Å². The number of hydrogen-bond acceptors (Lipinski definition) is 2. The van der Waals surface area contributed by atoms with E-state index in [-0.39, 0.29) is 11.5 Å². The second-order valence-corrected chi connectivity index (χ2v) is 2.88. The zero-order chi connectivity index (χ0) is 8.20. The maximum absolute atomic E-state index is 10.5. The molecule has 3 nitrogen and oxygen atoms in total. The number of nitrogens with one attached hydrogen (secondary N) is 1. The number of carbonyl (C=O) groups excluding carboxylic acids is 1. The van der Waals surface area contributed by atoms with Crippen LogP contribution in [0.1, 0.15) is 20.8 Å². The lowest BCUT2D eigenvalue weighted by Gasteiger charge is -2.17. The Morgan fingerprint density at radius 3 is 2.40 bits per heavy atom. The Morgan fingerprint density at radius 2 is 2.10 bits per heavy atom. The number of rotatable bonds is 2. The van der Waals surface area contributed by atoms with Gasteiger partial charge in [-0.05, 0) is 26.8 Å². The van der Waals surface area contributed by atoms with Gasteiger partial charge < -0.3 is 0 Å². The minimum absolute atomic E-state index is 0.324. The van der Waals surface area contributed by atoms with Crippen LogP contribution in [0.5, 0.6) is 0 Å². The molecule has 0 atom stereocenters. The Morgan fingerprint density at radius 1 is 1.60 bits per heavy atom. The van der Waals surface area contributed by atoms with E-state index in [0.29, 0.717) is 0 Å². The van der Waals surface area contributed by atoms with Crippen molar-refractivity contribution in [3.05, 3.63) is 12.7 Å². The molecule has 0 saturated carbocycles. The van der Waals surface area contributed by atoms with Crippen LogP contribution in [-0.4, -0.2) is 11.5 Å². The summed E-state index contributed by atoms with van der Waals surface area (Å²) in [7, 11) is 0. The van der Waals surface area contributed by atoms with Gasteiger partial charge in [-0.1, -0.05) is 6.58 Å². The van der Waals surface area contributed by atoms with Crippen LogP contribution in [0.15, 0.2) is 12.7 Å². The fraction of sp³-hybridized carbons (Fsp3) is 0.571. The van der Waals surface area contributed by atoms with E-state index in [9.17, 15) is 4.79 Å². The van der Waals surface area contributed by atoms with E-state index >= 15 is 0 Å². The smallest absolute Gasteiger partial charge is 0.266 e. The van der Waals surface area contributed by atoms with Gasteiger partial charge in [0.2, 0.25) is 0 Å². The van der Waals surface area contributed by atoms with E-state index < -0.39 is 0 Å². The maximum Gasteiger partial charge on any atom is 0.266 e. The first-order valence-corrected chi connectivity index (χ1v) is 3.06. The normalized spacial score (nSPS) is 10.7. The molecule has 0 bridgehead atoms. The lowest BCUT2D eigenvalue weighted by Crippen LogP contribution is -2.32. The molecular weight excluding hydrogens is 130 g/mol. The van der Waals surface area contributed by atoms with Crippen molar-refractivity contribution in [2.75, 3.05) is 0 Å². The zero-order valence-corrected chi connectivity index (χ0v) is 6.60. The topological polar surface area (TPSA) is 38.3 Å².